The number of ketones is 2. The molecule has 17 heteroatoms. The molecular weight excluding hydrogens is 704 g/mol. The van der Waals surface area contributed by atoms with E-state index in [0.29, 0.717) is 0 Å². The Kier molecular flexibility index (Phi) is 8.49. The zero-order valence-electron chi connectivity index (χ0n) is 30.8. The first-order chi connectivity index (χ1) is 25.0. The monoisotopic (exact) mass is 748 g/mol. The second-order valence-corrected chi connectivity index (χ2v) is 15.4. The maximum absolute atomic E-state index is 15.7. The maximum atomic E-state index is 15.7. The summed E-state index contributed by atoms with van der Waals surface area (Å²) in [6.07, 6.45) is -5.57. The van der Waals surface area contributed by atoms with Crippen molar-refractivity contribution in [2.45, 2.75) is 95.3 Å². The largest absolute Gasteiger partial charge is 0.508 e. The molecule has 53 heavy (non-hydrogen) atoms. The number of carbonyl (C=O) groups excluding carboxylic acids is 7. The van der Waals surface area contributed by atoms with Gasteiger partial charge in [-0.3, -0.25) is 19.2 Å². The number of esters is 4. The number of allylic oxidation sites excluding steroid dienone is 1. The number of cyclic esters (lactones) is 1. The molecule has 4 heterocycles. The molecule has 0 radical (unpaired) electrons. The van der Waals surface area contributed by atoms with Crippen molar-refractivity contribution >= 4 is 41.6 Å². The lowest BCUT2D eigenvalue weighted by Crippen LogP contribution is -2.78. The van der Waals surface area contributed by atoms with Gasteiger partial charge in [0.05, 0.1) is 44.7 Å². The van der Waals surface area contributed by atoms with E-state index >= 15 is 4.79 Å². The van der Waals surface area contributed by atoms with E-state index in [0.717, 1.165) is 21.1 Å². The number of methoxy groups -OCH3 is 3. The summed E-state index contributed by atoms with van der Waals surface area (Å²) >= 11 is 0. The number of ether oxygens (including phenoxy) is 10. The highest BCUT2D eigenvalue weighted by atomic mass is 16.8. The van der Waals surface area contributed by atoms with Crippen LogP contribution in [0.25, 0.3) is 0 Å². The highest BCUT2D eigenvalue weighted by Gasteiger charge is 2.96. The van der Waals surface area contributed by atoms with Crippen LogP contribution in [0.5, 0.6) is 0 Å². The van der Waals surface area contributed by atoms with Gasteiger partial charge in [-0.15, -0.1) is 0 Å². The summed E-state index contributed by atoms with van der Waals surface area (Å²) in [6, 6.07) is 0. The van der Waals surface area contributed by atoms with Gasteiger partial charge in [0.1, 0.15) is 53.4 Å². The number of carbonyl (C=O) groups is 7. The normalized spacial score (nSPS) is 46.6. The van der Waals surface area contributed by atoms with Gasteiger partial charge in [0.25, 0.3) is 5.79 Å². The Balaban J connectivity index is 1.55. The van der Waals surface area contributed by atoms with E-state index in [4.69, 9.17) is 47.4 Å². The molecule has 13 atom stereocenters. The van der Waals surface area contributed by atoms with Crippen molar-refractivity contribution in [3.8, 4) is 0 Å². The molecule has 0 unspecified atom stereocenters. The van der Waals surface area contributed by atoms with E-state index in [9.17, 15) is 28.8 Å². The van der Waals surface area contributed by atoms with Gasteiger partial charge in [-0.05, 0) is 27.7 Å². The van der Waals surface area contributed by atoms with Crippen LogP contribution < -0.4 is 0 Å². The third-order valence-corrected chi connectivity index (χ3v) is 13.6. The molecule has 7 fully saturated rings. The molecule has 3 aliphatic carbocycles. The number of fused-ring (bicyclic) bond motifs is 5. The first-order valence-corrected chi connectivity index (χ1v) is 17.6. The van der Waals surface area contributed by atoms with Crippen molar-refractivity contribution in [2.75, 3.05) is 41.2 Å². The summed E-state index contributed by atoms with van der Waals surface area (Å²) in [7, 11) is 3.41. The third-order valence-electron chi connectivity index (χ3n) is 13.6. The van der Waals surface area contributed by atoms with Crippen molar-refractivity contribution in [3.63, 3.8) is 0 Å². The summed E-state index contributed by atoms with van der Waals surface area (Å²) in [5.41, 5.74) is -8.78. The van der Waals surface area contributed by atoms with Crippen LogP contribution in [0.4, 0.5) is 4.79 Å². The molecule has 0 N–H and O–H groups in total. The quantitative estimate of drug-likeness (QED) is 0.154. The molecule has 17 nitrogen and oxygen atoms in total. The van der Waals surface area contributed by atoms with Crippen molar-refractivity contribution in [2.24, 2.45) is 34.0 Å². The van der Waals surface area contributed by atoms with Gasteiger partial charge in [-0.25, -0.2) is 14.4 Å². The lowest BCUT2D eigenvalue weighted by Gasteiger charge is -2.63. The molecule has 0 aromatic heterocycles. The van der Waals surface area contributed by atoms with Crippen LogP contribution in [0.3, 0.4) is 0 Å². The van der Waals surface area contributed by atoms with Crippen LogP contribution in [0, 0.1) is 34.0 Å². The van der Waals surface area contributed by atoms with Gasteiger partial charge >= 0.3 is 30.0 Å². The predicted octanol–water partition coefficient (Wildman–Crippen LogP) is 1.15. The minimum atomic E-state index is -2.45. The molecule has 4 saturated heterocycles. The van der Waals surface area contributed by atoms with Gasteiger partial charge in [0.15, 0.2) is 5.78 Å². The summed E-state index contributed by atoms with van der Waals surface area (Å²) in [6.45, 7) is 6.28. The summed E-state index contributed by atoms with van der Waals surface area (Å²) in [5, 5.41) is 0. The number of epoxide rings is 1. The minimum Gasteiger partial charge on any atom is -0.468 e. The Morgan fingerprint density at radius 2 is 1.60 bits per heavy atom. The van der Waals surface area contributed by atoms with E-state index in [1.54, 1.807) is 13.8 Å². The Labute approximate surface area is 304 Å². The lowest BCUT2D eigenvalue weighted by atomic mass is 9.37. The maximum Gasteiger partial charge on any atom is 0.508 e. The predicted molar refractivity (Wildman–Crippen MR) is 170 cm³/mol. The van der Waals surface area contributed by atoms with Gasteiger partial charge < -0.3 is 47.4 Å². The molecule has 0 aromatic carbocycles. The highest BCUT2D eigenvalue weighted by Crippen LogP contribution is 2.81. The van der Waals surface area contributed by atoms with E-state index in [2.05, 4.69) is 0 Å². The zero-order valence-corrected chi connectivity index (χ0v) is 30.8. The average Bonchev–Trinajstić information content (AvgIpc) is 3.39. The highest BCUT2D eigenvalue weighted by molar-refractivity contribution is 5.98. The zero-order chi connectivity index (χ0) is 38.7. The standard InChI is InChI=1S/C36H44O17/c1-9-16(2)26(40)51-20-13-21(50-17(3)37)34(28(41)44-6)14-48-23-24(34)33(20)15-49-35(46-8,29(42)45-7)27(33)31(4,25(23)39)36-22-12-18(32(36,5)53-36)19(38)10-11-47-30(43)52-22/h9,18,20-24,27H,10-15H2,1-8H3/b16-9+/t18-,20-,21+,22-,23+,24+,27-,31+,32-,33-,34-,35-,36-/m0/s1. The molecule has 0 amide bonds. The molecule has 0 aromatic rings. The van der Waals surface area contributed by atoms with Crippen LogP contribution in [-0.2, 0) is 76.1 Å². The summed E-state index contributed by atoms with van der Waals surface area (Å²) < 4.78 is 59.2. The van der Waals surface area contributed by atoms with Crippen LogP contribution in [0.15, 0.2) is 11.6 Å². The molecule has 7 rings (SSSR count). The molecule has 4 aliphatic heterocycles. The number of Topliss-reactive ketones (excluding diaryl/α,β-unsaturated/α-hetero) is 2. The Bertz CT molecular complexity index is 1720. The number of rotatable bonds is 7. The molecule has 1 spiro atoms. The molecule has 7 aliphatic rings. The van der Waals surface area contributed by atoms with Crippen molar-refractivity contribution in [3.05, 3.63) is 11.6 Å². The van der Waals surface area contributed by atoms with Crippen LogP contribution in [-0.4, -0.2) is 124 Å². The van der Waals surface area contributed by atoms with Gasteiger partial charge in [-0.1, -0.05) is 6.08 Å². The van der Waals surface area contributed by atoms with E-state index < -0.39 is 124 Å². The van der Waals surface area contributed by atoms with Crippen molar-refractivity contribution in [1.29, 1.82) is 0 Å². The third kappa shape index (κ3) is 4.30. The van der Waals surface area contributed by atoms with E-state index in [1.165, 1.54) is 27.0 Å². The smallest absolute Gasteiger partial charge is 0.468 e. The first kappa shape index (κ1) is 37.4. The molecule has 290 valence electrons. The van der Waals surface area contributed by atoms with Crippen LogP contribution >= 0.6 is 0 Å². The average molecular weight is 749 g/mol. The molecule has 2 bridgehead atoms. The Hall–Kier alpha value is -3.93. The molecular formula is C36H44O17. The van der Waals surface area contributed by atoms with E-state index in [1.807, 2.05) is 0 Å². The topological polar surface area (TPSA) is 215 Å². The number of hydrogen-bond donors (Lipinski definition) is 0. The Morgan fingerprint density at radius 3 is 2.23 bits per heavy atom. The van der Waals surface area contributed by atoms with Gasteiger partial charge in [0, 0.05) is 50.2 Å². The fourth-order valence-electron chi connectivity index (χ4n) is 11.5. The lowest BCUT2D eigenvalue weighted by molar-refractivity contribution is -0.272. The summed E-state index contributed by atoms with van der Waals surface area (Å²) in [5.74, 6) is -10.7. The van der Waals surface area contributed by atoms with E-state index in [-0.39, 0.29) is 37.2 Å². The van der Waals surface area contributed by atoms with Crippen LogP contribution in [0.1, 0.15) is 53.9 Å². The van der Waals surface area contributed by atoms with Gasteiger partial charge in [0.2, 0.25) is 0 Å². The molecule has 3 saturated carbocycles. The summed E-state index contributed by atoms with van der Waals surface area (Å²) in [4.78, 5) is 97.3. The second kappa shape index (κ2) is 12.0. The SMILES string of the molecule is C/C=C(\C)C(=O)O[C@H]1C[C@@H](OC(C)=O)[C@@]2(C(=O)OC)CO[C@H]3C(=O)[C@@](C)([C@]45O[C@@]4(C)[C@H]4C[C@@H]5OC(=O)OCCC4=O)[C@@H]4[C@@](OC)(C(=O)OC)OC[C@@]14[C@@H]32. The number of hydrogen-bond acceptors (Lipinski definition) is 17. The second-order valence-electron chi connectivity index (χ2n) is 15.4. The van der Waals surface area contributed by atoms with Crippen LogP contribution in [0.2, 0.25) is 0 Å². The minimum absolute atomic E-state index is 0.0411. The van der Waals surface area contributed by atoms with Crippen molar-refractivity contribution < 1.29 is 80.9 Å². The first-order valence-electron chi connectivity index (χ1n) is 17.6. The fourth-order valence-corrected chi connectivity index (χ4v) is 11.5. The van der Waals surface area contributed by atoms with Crippen molar-refractivity contribution in [1.82, 2.24) is 0 Å². The Morgan fingerprint density at radius 1 is 0.906 bits per heavy atom. The fraction of sp³-hybridized carbons (Fsp3) is 0.750. The van der Waals surface area contributed by atoms with Gasteiger partial charge in [-0.2, -0.15) is 0 Å².